The molecule has 6 heteroatoms. The molecule has 14 heavy (non-hydrogen) atoms. The van der Waals surface area contributed by atoms with Crippen molar-refractivity contribution >= 4 is 35.3 Å². The zero-order valence-corrected chi connectivity index (χ0v) is 10.00. The van der Waals surface area contributed by atoms with Crippen LogP contribution in [-0.2, 0) is 9.59 Å². The first-order valence-electron chi connectivity index (χ1n) is 4.34. The maximum Gasteiger partial charge on any atom is 0.217 e. The Morgan fingerprint density at radius 1 is 1.00 bits per heavy atom. The van der Waals surface area contributed by atoms with Crippen molar-refractivity contribution < 1.29 is 9.59 Å². The van der Waals surface area contributed by atoms with Gasteiger partial charge in [-0.2, -0.15) is 0 Å². The third-order valence-corrected chi connectivity index (χ3v) is 4.61. The van der Waals surface area contributed by atoms with Gasteiger partial charge in [-0.05, 0) is 6.92 Å². The molecule has 0 saturated carbocycles. The molecule has 0 bridgehead atoms. The molecule has 2 unspecified atom stereocenters. The first-order chi connectivity index (χ1) is 6.49. The molecule has 1 aliphatic rings. The van der Waals surface area contributed by atoms with Crippen LogP contribution in [0.4, 0.5) is 0 Å². The average Bonchev–Trinajstić information content (AvgIpc) is 2.28. The lowest BCUT2D eigenvalue weighted by atomic mass is 10.5. The van der Waals surface area contributed by atoms with Crippen LogP contribution in [0.15, 0.2) is 0 Å². The maximum absolute atomic E-state index is 10.9. The van der Waals surface area contributed by atoms with E-state index in [4.69, 9.17) is 0 Å². The summed E-state index contributed by atoms with van der Waals surface area (Å²) in [4.78, 5) is 21.8. The molecule has 80 valence electrons. The van der Waals surface area contributed by atoms with Gasteiger partial charge in [0.1, 0.15) is 10.7 Å². The molecule has 2 atom stereocenters. The number of amides is 2. The molecule has 0 aromatic rings. The van der Waals surface area contributed by atoms with Crippen LogP contribution in [0.1, 0.15) is 20.8 Å². The normalized spacial score (nSPS) is 31.2. The molecule has 2 N–H and O–H groups in total. The number of carbonyl (C=O) groups is 2. The van der Waals surface area contributed by atoms with Gasteiger partial charge in [0, 0.05) is 13.8 Å². The standard InChI is InChI=1S/C8H14N2O2S2/c1-4(11)9-7-8(10-5(2)12)14-6(3)13-7/h6-8H,1-3H3,(H,9,11)(H,10,12). The summed E-state index contributed by atoms with van der Waals surface area (Å²) in [5.41, 5.74) is 0. The maximum atomic E-state index is 10.9. The third-order valence-electron chi connectivity index (χ3n) is 1.64. The number of rotatable bonds is 2. The lowest BCUT2D eigenvalue weighted by molar-refractivity contribution is -0.121. The molecule has 1 saturated heterocycles. The number of carbonyl (C=O) groups excluding carboxylic acids is 2. The Hall–Kier alpha value is -0.360. The van der Waals surface area contributed by atoms with Gasteiger partial charge in [-0.15, -0.1) is 23.5 Å². The second-order valence-corrected chi connectivity index (χ2v) is 6.35. The molecule has 1 rings (SSSR count). The fourth-order valence-electron chi connectivity index (χ4n) is 1.21. The molecule has 1 heterocycles. The van der Waals surface area contributed by atoms with Gasteiger partial charge in [-0.25, -0.2) is 0 Å². The summed E-state index contributed by atoms with van der Waals surface area (Å²) in [6.07, 6.45) is 0. The van der Waals surface area contributed by atoms with Crippen LogP contribution in [0.25, 0.3) is 0 Å². The largest absolute Gasteiger partial charge is 0.342 e. The third kappa shape index (κ3) is 3.42. The van der Waals surface area contributed by atoms with Gasteiger partial charge in [0.05, 0.1) is 4.58 Å². The lowest BCUT2D eigenvalue weighted by Crippen LogP contribution is -2.44. The summed E-state index contributed by atoms with van der Waals surface area (Å²) < 4.78 is 0.392. The zero-order valence-electron chi connectivity index (χ0n) is 8.37. The zero-order chi connectivity index (χ0) is 10.7. The van der Waals surface area contributed by atoms with Gasteiger partial charge in [-0.1, -0.05) is 0 Å². The monoisotopic (exact) mass is 234 g/mol. The molecule has 4 nitrogen and oxygen atoms in total. The molecule has 0 aliphatic carbocycles. The van der Waals surface area contributed by atoms with Crippen molar-refractivity contribution in [1.82, 2.24) is 10.6 Å². The molecular formula is C8H14N2O2S2. The van der Waals surface area contributed by atoms with Gasteiger partial charge in [0.2, 0.25) is 11.8 Å². The van der Waals surface area contributed by atoms with Crippen molar-refractivity contribution in [3.8, 4) is 0 Å². The SMILES string of the molecule is CC(=O)NC1SC(C)SC1NC(C)=O. The quantitative estimate of drug-likeness (QED) is 0.740. The highest BCUT2D eigenvalue weighted by Gasteiger charge is 2.34. The van der Waals surface area contributed by atoms with Crippen LogP contribution >= 0.6 is 23.5 Å². The van der Waals surface area contributed by atoms with Crippen LogP contribution in [-0.4, -0.2) is 27.1 Å². The number of hydrogen-bond donors (Lipinski definition) is 2. The topological polar surface area (TPSA) is 58.2 Å². The van der Waals surface area contributed by atoms with E-state index < -0.39 is 0 Å². The Morgan fingerprint density at radius 3 is 1.64 bits per heavy atom. The summed E-state index contributed by atoms with van der Waals surface area (Å²) in [5.74, 6) is -0.125. The highest BCUT2D eigenvalue weighted by atomic mass is 32.2. The van der Waals surface area contributed by atoms with Crippen LogP contribution < -0.4 is 10.6 Å². The molecule has 0 spiro atoms. The van der Waals surface area contributed by atoms with E-state index in [0.717, 1.165) is 0 Å². The van der Waals surface area contributed by atoms with E-state index >= 15 is 0 Å². The molecular weight excluding hydrogens is 220 g/mol. The minimum atomic E-state index is -0.0625. The lowest BCUT2D eigenvalue weighted by Gasteiger charge is -2.18. The summed E-state index contributed by atoms with van der Waals surface area (Å²) in [5, 5.41) is 5.60. The average molecular weight is 234 g/mol. The van der Waals surface area contributed by atoms with Crippen molar-refractivity contribution in [1.29, 1.82) is 0 Å². The van der Waals surface area contributed by atoms with Crippen LogP contribution in [0.2, 0.25) is 0 Å². The second-order valence-electron chi connectivity index (χ2n) is 3.08. The predicted molar refractivity (Wildman–Crippen MR) is 59.9 cm³/mol. The van der Waals surface area contributed by atoms with Gasteiger partial charge < -0.3 is 10.6 Å². The smallest absolute Gasteiger partial charge is 0.217 e. The molecule has 1 aliphatic heterocycles. The van der Waals surface area contributed by atoms with E-state index in [1.807, 2.05) is 0 Å². The first-order valence-corrected chi connectivity index (χ1v) is 6.22. The van der Waals surface area contributed by atoms with Crippen LogP contribution in [0.3, 0.4) is 0 Å². The molecule has 0 aromatic carbocycles. The number of hydrogen-bond acceptors (Lipinski definition) is 4. The number of nitrogens with one attached hydrogen (secondary N) is 2. The Kier molecular flexibility index (Phi) is 4.12. The van der Waals surface area contributed by atoms with Crippen molar-refractivity contribution in [2.45, 2.75) is 36.1 Å². The Balaban J connectivity index is 2.53. The molecule has 0 radical (unpaired) electrons. The summed E-state index contributed by atoms with van der Waals surface area (Å²) >= 11 is 3.32. The fraction of sp³-hybridized carbons (Fsp3) is 0.750. The minimum absolute atomic E-state index is 0.0172. The first kappa shape index (κ1) is 11.7. The molecule has 1 fully saturated rings. The van der Waals surface area contributed by atoms with Crippen molar-refractivity contribution in [3.05, 3.63) is 0 Å². The Labute approximate surface area is 92.0 Å². The van der Waals surface area contributed by atoms with Crippen LogP contribution in [0, 0.1) is 0 Å². The van der Waals surface area contributed by atoms with Gasteiger partial charge in [0.15, 0.2) is 0 Å². The van der Waals surface area contributed by atoms with Gasteiger partial charge >= 0.3 is 0 Å². The summed E-state index contributed by atoms with van der Waals surface area (Å²) in [7, 11) is 0. The minimum Gasteiger partial charge on any atom is -0.342 e. The Morgan fingerprint density at radius 2 is 1.36 bits per heavy atom. The number of thioether (sulfide) groups is 2. The van der Waals surface area contributed by atoms with Gasteiger partial charge in [0.25, 0.3) is 0 Å². The van der Waals surface area contributed by atoms with E-state index in [-0.39, 0.29) is 22.6 Å². The highest BCUT2D eigenvalue weighted by molar-refractivity contribution is 8.20. The van der Waals surface area contributed by atoms with E-state index in [1.165, 1.54) is 13.8 Å². The summed E-state index contributed by atoms with van der Waals surface area (Å²) in [6, 6.07) is 0. The van der Waals surface area contributed by atoms with E-state index in [1.54, 1.807) is 23.5 Å². The summed E-state index contributed by atoms with van der Waals surface area (Å²) in [6.45, 7) is 5.03. The van der Waals surface area contributed by atoms with E-state index in [0.29, 0.717) is 4.58 Å². The highest BCUT2D eigenvalue weighted by Crippen LogP contribution is 2.40. The van der Waals surface area contributed by atoms with Crippen molar-refractivity contribution in [3.63, 3.8) is 0 Å². The van der Waals surface area contributed by atoms with Crippen LogP contribution in [0.5, 0.6) is 0 Å². The van der Waals surface area contributed by atoms with E-state index in [9.17, 15) is 9.59 Å². The van der Waals surface area contributed by atoms with Gasteiger partial charge in [-0.3, -0.25) is 9.59 Å². The van der Waals surface area contributed by atoms with E-state index in [2.05, 4.69) is 17.6 Å². The predicted octanol–water partition coefficient (Wildman–Crippen LogP) is 0.737. The van der Waals surface area contributed by atoms with Crippen molar-refractivity contribution in [2.75, 3.05) is 0 Å². The molecule has 2 amide bonds. The van der Waals surface area contributed by atoms with Crippen molar-refractivity contribution in [2.24, 2.45) is 0 Å². The second kappa shape index (κ2) is 4.93. The molecule has 0 aromatic heterocycles. The Bertz CT molecular complexity index is 223. The fourth-order valence-corrected chi connectivity index (χ4v) is 4.28.